The van der Waals surface area contributed by atoms with E-state index in [4.69, 9.17) is 4.74 Å². The van der Waals surface area contributed by atoms with Crippen LogP contribution in [0.2, 0.25) is 0 Å². The number of anilines is 1. The van der Waals surface area contributed by atoms with Gasteiger partial charge in [0.05, 0.1) is 18.0 Å². The number of carbonyl (C=O) groups excluding carboxylic acids is 2. The first-order valence-electron chi connectivity index (χ1n) is 9.81. The molecule has 1 aliphatic heterocycles. The number of carbonyl (C=O) groups is 2. The van der Waals surface area contributed by atoms with Crippen molar-refractivity contribution in [3.63, 3.8) is 0 Å². The lowest BCUT2D eigenvalue weighted by Crippen LogP contribution is -2.38. The minimum atomic E-state index is -3.80. The molecule has 2 aromatic carbocycles. The summed E-state index contributed by atoms with van der Waals surface area (Å²) < 4.78 is 33.0. The zero-order valence-corrected chi connectivity index (χ0v) is 17.6. The van der Waals surface area contributed by atoms with Crippen molar-refractivity contribution in [2.24, 2.45) is 0 Å². The fourth-order valence-electron chi connectivity index (χ4n) is 3.12. The molecule has 1 fully saturated rings. The molecule has 3 rings (SSSR count). The van der Waals surface area contributed by atoms with Crippen molar-refractivity contribution in [1.29, 1.82) is 0 Å². The van der Waals surface area contributed by atoms with Crippen LogP contribution < -0.4 is 14.8 Å². The maximum Gasteiger partial charge on any atom is 0.261 e. The van der Waals surface area contributed by atoms with E-state index >= 15 is 0 Å². The molecule has 0 aromatic heterocycles. The average molecular weight is 432 g/mol. The Morgan fingerprint density at radius 2 is 1.63 bits per heavy atom. The van der Waals surface area contributed by atoms with E-state index in [0.29, 0.717) is 18.0 Å². The highest BCUT2D eigenvalue weighted by molar-refractivity contribution is 7.92. The second-order valence-electron chi connectivity index (χ2n) is 6.86. The third kappa shape index (κ3) is 5.50. The van der Waals surface area contributed by atoms with Crippen LogP contribution in [-0.4, -0.2) is 51.4 Å². The zero-order chi connectivity index (χ0) is 21.6. The van der Waals surface area contributed by atoms with Gasteiger partial charge in [0.25, 0.3) is 15.9 Å². The van der Waals surface area contributed by atoms with Crippen molar-refractivity contribution in [3.8, 4) is 5.75 Å². The molecule has 1 aliphatic rings. The van der Waals surface area contributed by atoms with Crippen molar-refractivity contribution in [1.82, 2.24) is 10.2 Å². The van der Waals surface area contributed by atoms with Crippen LogP contribution >= 0.6 is 0 Å². The van der Waals surface area contributed by atoms with Crippen LogP contribution in [0.3, 0.4) is 0 Å². The Morgan fingerprint density at radius 1 is 1.00 bits per heavy atom. The Hall–Kier alpha value is -3.07. The highest BCUT2D eigenvalue weighted by Crippen LogP contribution is 2.20. The standard InChI is InChI=1S/C21H25N3O5S/c1-2-29-18-9-7-17(8-10-18)23-30(27,28)19-11-5-16(6-12-19)21(26)22-15-20(25)24-13-3-4-14-24/h5-12,23H,2-4,13-15H2,1H3,(H,22,26). The number of sulfonamides is 1. The summed E-state index contributed by atoms with van der Waals surface area (Å²) in [5.41, 5.74) is 0.685. The molecule has 8 nitrogen and oxygen atoms in total. The Morgan fingerprint density at radius 3 is 2.23 bits per heavy atom. The van der Waals surface area contributed by atoms with Crippen molar-refractivity contribution >= 4 is 27.5 Å². The Labute approximate surface area is 176 Å². The Balaban J connectivity index is 1.59. The van der Waals surface area contributed by atoms with Crippen LogP contribution in [0.15, 0.2) is 53.4 Å². The van der Waals surface area contributed by atoms with E-state index in [2.05, 4.69) is 10.0 Å². The predicted molar refractivity (Wildman–Crippen MR) is 113 cm³/mol. The normalized spacial score (nSPS) is 13.7. The van der Waals surface area contributed by atoms with Gasteiger partial charge in [-0.1, -0.05) is 0 Å². The lowest BCUT2D eigenvalue weighted by atomic mass is 10.2. The summed E-state index contributed by atoms with van der Waals surface area (Å²) >= 11 is 0. The molecular formula is C21H25N3O5S. The van der Waals surface area contributed by atoms with Gasteiger partial charge in [0.1, 0.15) is 5.75 Å². The van der Waals surface area contributed by atoms with Gasteiger partial charge in [-0.2, -0.15) is 0 Å². The lowest BCUT2D eigenvalue weighted by molar-refractivity contribution is -0.129. The van der Waals surface area contributed by atoms with E-state index in [9.17, 15) is 18.0 Å². The summed E-state index contributed by atoms with van der Waals surface area (Å²) in [5.74, 6) is 0.115. The summed E-state index contributed by atoms with van der Waals surface area (Å²) in [5, 5.41) is 2.58. The molecule has 0 saturated carbocycles. The first-order chi connectivity index (χ1) is 14.4. The number of nitrogens with zero attached hydrogens (tertiary/aromatic N) is 1. The topological polar surface area (TPSA) is 105 Å². The highest BCUT2D eigenvalue weighted by Gasteiger charge is 2.19. The van der Waals surface area contributed by atoms with Gasteiger partial charge in [-0.3, -0.25) is 14.3 Å². The predicted octanol–water partition coefficient (Wildman–Crippen LogP) is 2.24. The molecule has 0 spiro atoms. The molecule has 1 saturated heterocycles. The molecular weight excluding hydrogens is 406 g/mol. The zero-order valence-electron chi connectivity index (χ0n) is 16.8. The van der Waals surface area contributed by atoms with Crippen LogP contribution in [-0.2, 0) is 14.8 Å². The summed E-state index contributed by atoms with van der Waals surface area (Å²) in [7, 11) is -3.80. The van der Waals surface area contributed by atoms with Gasteiger partial charge in [-0.05, 0) is 68.3 Å². The van der Waals surface area contributed by atoms with Gasteiger partial charge in [0, 0.05) is 24.3 Å². The van der Waals surface area contributed by atoms with E-state index in [-0.39, 0.29) is 22.9 Å². The maximum atomic E-state index is 12.6. The molecule has 2 amide bonds. The molecule has 2 aromatic rings. The summed E-state index contributed by atoms with van der Waals surface area (Å²) in [6.07, 6.45) is 1.97. The molecule has 1 heterocycles. The number of benzene rings is 2. The van der Waals surface area contributed by atoms with Crippen molar-refractivity contribution in [3.05, 3.63) is 54.1 Å². The largest absolute Gasteiger partial charge is 0.494 e. The number of likely N-dealkylation sites (tertiary alicyclic amines) is 1. The first-order valence-corrected chi connectivity index (χ1v) is 11.3. The van der Waals surface area contributed by atoms with E-state index < -0.39 is 15.9 Å². The lowest BCUT2D eigenvalue weighted by Gasteiger charge is -2.15. The van der Waals surface area contributed by atoms with Gasteiger partial charge in [-0.25, -0.2) is 8.42 Å². The van der Waals surface area contributed by atoms with E-state index in [1.54, 1.807) is 29.2 Å². The molecule has 0 radical (unpaired) electrons. The smallest absolute Gasteiger partial charge is 0.261 e. The molecule has 0 unspecified atom stereocenters. The average Bonchev–Trinajstić information content (AvgIpc) is 3.28. The van der Waals surface area contributed by atoms with E-state index in [0.717, 1.165) is 25.9 Å². The third-order valence-electron chi connectivity index (χ3n) is 4.70. The Bertz CT molecular complexity index is 982. The third-order valence-corrected chi connectivity index (χ3v) is 6.10. The number of ether oxygens (including phenoxy) is 1. The molecule has 0 aliphatic carbocycles. The quantitative estimate of drug-likeness (QED) is 0.667. The van der Waals surface area contributed by atoms with Gasteiger partial charge < -0.3 is 15.0 Å². The minimum Gasteiger partial charge on any atom is -0.494 e. The van der Waals surface area contributed by atoms with Gasteiger partial charge in [0.15, 0.2) is 0 Å². The minimum absolute atomic E-state index is 0.0288. The van der Waals surface area contributed by atoms with Crippen LogP contribution in [0.1, 0.15) is 30.1 Å². The number of amides is 2. The fourth-order valence-corrected chi connectivity index (χ4v) is 4.18. The monoisotopic (exact) mass is 431 g/mol. The number of rotatable bonds is 8. The molecule has 0 bridgehead atoms. The molecule has 160 valence electrons. The van der Waals surface area contributed by atoms with Gasteiger partial charge >= 0.3 is 0 Å². The van der Waals surface area contributed by atoms with E-state index in [1.165, 1.54) is 24.3 Å². The Kier molecular flexibility index (Phi) is 6.94. The number of nitrogens with one attached hydrogen (secondary N) is 2. The molecule has 30 heavy (non-hydrogen) atoms. The van der Waals surface area contributed by atoms with Crippen LogP contribution in [0.25, 0.3) is 0 Å². The number of hydrogen-bond acceptors (Lipinski definition) is 5. The van der Waals surface area contributed by atoms with Crippen LogP contribution in [0.5, 0.6) is 5.75 Å². The van der Waals surface area contributed by atoms with Crippen molar-refractivity contribution in [2.45, 2.75) is 24.7 Å². The summed E-state index contributed by atoms with van der Waals surface area (Å²) in [4.78, 5) is 26.0. The second-order valence-corrected chi connectivity index (χ2v) is 8.54. The molecule has 9 heteroatoms. The van der Waals surface area contributed by atoms with Crippen molar-refractivity contribution in [2.75, 3.05) is 31.0 Å². The van der Waals surface area contributed by atoms with Crippen LogP contribution in [0.4, 0.5) is 5.69 Å². The van der Waals surface area contributed by atoms with Gasteiger partial charge in [0.2, 0.25) is 5.91 Å². The number of hydrogen-bond donors (Lipinski definition) is 2. The maximum absolute atomic E-state index is 12.6. The van der Waals surface area contributed by atoms with E-state index in [1.807, 2.05) is 6.92 Å². The summed E-state index contributed by atoms with van der Waals surface area (Å²) in [6.45, 7) is 3.77. The highest BCUT2D eigenvalue weighted by atomic mass is 32.2. The molecule has 0 atom stereocenters. The summed E-state index contributed by atoms with van der Waals surface area (Å²) in [6, 6.07) is 12.1. The van der Waals surface area contributed by atoms with Gasteiger partial charge in [-0.15, -0.1) is 0 Å². The first kappa shape index (κ1) is 21.6. The molecule has 2 N–H and O–H groups in total. The van der Waals surface area contributed by atoms with Crippen LogP contribution in [0, 0.1) is 0 Å². The second kappa shape index (κ2) is 9.62. The fraction of sp³-hybridized carbons (Fsp3) is 0.333. The SMILES string of the molecule is CCOc1ccc(NS(=O)(=O)c2ccc(C(=O)NCC(=O)N3CCCC3)cc2)cc1. The van der Waals surface area contributed by atoms with Crippen molar-refractivity contribution < 1.29 is 22.7 Å².